The van der Waals surface area contributed by atoms with E-state index in [1.54, 1.807) is 14.0 Å². The molecule has 0 aromatic heterocycles. The van der Waals surface area contributed by atoms with Gasteiger partial charge in [0.15, 0.2) is 0 Å². The molecule has 3 amide bonds. The summed E-state index contributed by atoms with van der Waals surface area (Å²) in [4.78, 5) is 23.4. The van der Waals surface area contributed by atoms with Crippen LogP contribution in [0.2, 0.25) is 0 Å². The van der Waals surface area contributed by atoms with Crippen molar-refractivity contribution in [2.75, 3.05) is 13.7 Å². The van der Waals surface area contributed by atoms with Crippen molar-refractivity contribution in [1.82, 2.24) is 15.5 Å². The summed E-state index contributed by atoms with van der Waals surface area (Å²) >= 11 is 0. The minimum absolute atomic E-state index is 0.0802. The van der Waals surface area contributed by atoms with Gasteiger partial charge in [-0.05, 0) is 6.92 Å². The average molecular weight is 157 g/mol. The summed E-state index contributed by atoms with van der Waals surface area (Å²) in [6.07, 6.45) is 0. The first-order chi connectivity index (χ1) is 5.11. The minimum Gasteiger partial charge on any atom is -0.327 e. The maximum Gasteiger partial charge on any atom is 0.316 e. The van der Waals surface area contributed by atoms with Crippen LogP contribution in [0, 0.1) is 0 Å². The second-order valence-electron chi connectivity index (χ2n) is 2.57. The average Bonchev–Trinajstić information content (AvgIpc) is 2.05. The van der Waals surface area contributed by atoms with Crippen molar-refractivity contribution in [2.45, 2.75) is 13.0 Å². The summed E-state index contributed by atoms with van der Waals surface area (Å²) in [7, 11) is 1.64. The summed E-state index contributed by atoms with van der Waals surface area (Å²) in [6.45, 7) is 1.93. The first-order valence-electron chi connectivity index (χ1n) is 3.40. The molecule has 1 fully saturated rings. The zero-order chi connectivity index (χ0) is 8.43. The molecule has 62 valence electrons. The number of nitrogens with one attached hydrogen (secondary N) is 2. The molecule has 0 spiro atoms. The standard InChI is InChI=1S/C6H11N3O2/c1-4-5(10)9(2)3-7-6(11)8-4/h4H,3H2,1-2H3,(H2,7,8,11). The third-order valence-electron chi connectivity index (χ3n) is 1.57. The second-order valence-corrected chi connectivity index (χ2v) is 2.57. The van der Waals surface area contributed by atoms with E-state index in [-0.39, 0.29) is 18.6 Å². The molecule has 11 heavy (non-hydrogen) atoms. The van der Waals surface area contributed by atoms with Gasteiger partial charge in [0, 0.05) is 7.05 Å². The van der Waals surface area contributed by atoms with Crippen LogP contribution >= 0.6 is 0 Å². The van der Waals surface area contributed by atoms with E-state index in [0.29, 0.717) is 0 Å². The molecular weight excluding hydrogens is 146 g/mol. The van der Waals surface area contributed by atoms with E-state index in [4.69, 9.17) is 0 Å². The lowest BCUT2D eigenvalue weighted by molar-refractivity contribution is -0.131. The Morgan fingerprint density at radius 1 is 1.55 bits per heavy atom. The SMILES string of the molecule is CC1NC(=O)NCN(C)C1=O. The van der Waals surface area contributed by atoms with Crippen molar-refractivity contribution in [3.8, 4) is 0 Å². The third kappa shape index (κ3) is 1.60. The van der Waals surface area contributed by atoms with Crippen molar-refractivity contribution >= 4 is 11.9 Å². The van der Waals surface area contributed by atoms with Gasteiger partial charge in [0.05, 0.1) is 6.67 Å². The lowest BCUT2D eigenvalue weighted by Crippen LogP contribution is -2.41. The number of nitrogens with zero attached hydrogens (tertiary/aromatic N) is 1. The maximum absolute atomic E-state index is 11.2. The molecule has 1 rings (SSSR count). The molecule has 1 saturated heterocycles. The van der Waals surface area contributed by atoms with Gasteiger partial charge in [-0.15, -0.1) is 0 Å². The predicted molar refractivity (Wildman–Crippen MR) is 38.8 cm³/mol. The Kier molecular flexibility index (Phi) is 1.98. The van der Waals surface area contributed by atoms with Crippen molar-refractivity contribution in [1.29, 1.82) is 0 Å². The number of carbonyl (C=O) groups is 2. The van der Waals surface area contributed by atoms with E-state index >= 15 is 0 Å². The first-order valence-corrected chi connectivity index (χ1v) is 3.40. The van der Waals surface area contributed by atoms with E-state index in [1.807, 2.05) is 0 Å². The molecule has 1 atom stereocenters. The van der Waals surface area contributed by atoms with Crippen LogP contribution in [0.3, 0.4) is 0 Å². The van der Waals surface area contributed by atoms with Crippen molar-refractivity contribution in [3.63, 3.8) is 0 Å². The number of carbonyl (C=O) groups excluding carboxylic acids is 2. The largest absolute Gasteiger partial charge is 0.327 e. The van der Waals surface area contributed by atoms with E-state index in [9.17, 15) is 9.59 Å². The van der Waals surface area contributed by atoms with Gasteiger partial charge in [0.25, 0.3) is 0 Å². The summed E-state index contributed by atoms with van der Waals surface area (Å²) in [5, 5.41) is 4.99. The maximum atomic E-state index is 11.2. The van der Waals surface area contributed by atoms with Gasteiger partial charge in [-0.25, -0.2) is 4.79 Å². The summed E-state index contributed by atoms with van der Waals surface area (Å²) < 4.78 is 0. The Balaban J connectivity index is 2.68. The van der Waals surface area contributed by atoms with Gasteiger partial charge < -0.3 is 15.5 Å². The minimum atomic E-state index is -0.428. The molecule has 0 saturated carbocycles. The highest BCUT2D eigenvalue weighted by Gasteiger charge is 2.22. The number of hydrogen-bond acceptors (Lipinski definition) is 2. The normalized spacial score (nSPS) is 25.6. The molecule has 2 N–H and O–H groups in total. The lowest BCUT2D eigenvalue weighted by Gasteiger charge is -2.14. The van der Waals surface area contributed by atoms with Crippen LogP contribution in [0.1, 0.15) is 6.92 Å². The topological polar surface area (TPSA) is 61.4 Å². The zero-order valence-electron chi connectivity index (χ0n) is 6.55. The number of hydrogen-bond donors (Lipinski definition) is 2. The molecular formula is C6H11N3O2. The summed E-state index contributed by atoms with van der Waals surface area (Å²) in [6, 6.07) is -0.724. The second kappa shape index (κ2) is 2.77. The van der Waals surface area contributed by atoms with Gasteiger partial charge in [0.1, 0.15) is 6.04 Å². The molecule has 0 radical (unpaired) electrons. The van der Waals surface area contributed by atoms with E-state index in [1.165, 1.54) is 4.90 Å². The van der Waals surface area contributed by atoms with Gasteiger partial charge in [0.2, 0.25) is 5.91 Å². The van der Waals surface area contributed by atoms with Crippen LogP contribution in [0.15, 0.2) is 0 Å². The van der Waals surface area contributed by atoms with Crippen LogP contribution in [-0.4, -0.2) is 36.6 Å². The number of amides is 3. The van der Waals surface area contributed by atoms with Gasteiger partial charge in [-0.1, -0.05) is 0 Å². The molecule has 1 unspecified atom stereocenters. The monoisotopic (exact) mass is 157 g/mol. The number of urea groups is 1. The Bertz CT molecular complexity index is 192. The molecule has 1 heterocycles. The number of rotatable bonds is 0. The van der Waals surface area contributed by atoms with Crippen LogP contribution < -0.4 is 10.6 Å². The molecule has 0 bridgehead atoms. The van der Waals surface area contributed by atoms with Gasteiger partial charge in [-0.2, -0.15) is 0 Å². The molecule has 1 aliphatic rings. The van der Waals surface area contributed by atoms with E-state index < -0.39 is 6.04 Å². The summed E-state index contributed by atoms with van der Waals surface area (Å²) in [5.74, 6) is -0.0802. The zero-order valence-corrected chi connectivity index (χ0v) is 6.55. The molecule has 5 nitrogen and oxygen atoms in total. The Hall–Kier alpha value is -1.26. The fourth-order valence-corrected chi connectivity index (χ4v) is 0.908. The van der Waals surface area contributed by atoms with Crippen LogP contribution in [-0.2, 0) is 4.79 Å². The Morgan fingerprint density at radius 3 is 2.82 bits per heavy atom. The van der Waals surface area contributed by atoms with Crippen LogP contribution in [0.5, 0.6) is 0 Å². The smallest absolute Gasteiger partial charge is 0.316 e. The number of likely N-dealkylation sites (N-methyl/N-ethyl adjacent to an activating group) is 1. The van der Waals surface area contributed by atoms with Crippen molar-refractivity contribution < 1.29 is 9.59 Å². The molecule has 1 aliphatic heterocycles. The highest BCUT2D eigenvalue weighted by atomic mass is 16.2. The lowest BCUT2D eigenvalue weighted by atomic mass is 10.3. The highest BCUT2D eigenvalue weighted by Crippen LogP contribution is 1.93. The fourth-order valence-electron chi connectivity index (χ4n) is 0.908. The Morgan fingerprint density at radius 2 is 2.18 bits per heavy atom. The van der Waals surface area contributed by atoms with Gasteiger partial charge in [-0.3, -0.25) is 4.79 Å². The highest BCUT2D eigenvalue weighted by molar-refractivity contribution is 5.88. The molecule has 0 aromatic rings. The van der Waals surface area contributed by atoms with Crippen molar-refractivity contribution in [2.24, 2.45) is 0 Å². The van der Waals surface area contributed by atoms with Crippen LogP contribution in [0.25, 0.3) is 0 Å². The first kappa shape index (κ1) is 7.84. The van der Waals surface area contributed by atoms with Crippen LogP contribution in [0.4, 0.5) is 4.79 Å². The molecule has 0 aliphatic carbocycles. The summed E-state index contributed by atoms with van der Waals surface area (Å²) in [5.41, 5.74) is 0. The molecule has 0 aromatic carbocycles. The van der Waals surface area contributed by atoms with E-state index in [2.05, 4.69) is 10.6 Å². The fraction of sp³-hybridized carbons (Fsp3) is 0.667. The Labute approximate surface area is 64.7 Å². The third-order valence-corrected chi connectivity index (χ3v) is 1.57. The van der Waals surface area contributed by atoms with Crippen molar-refractivity contribution in [3.05, 3.63) is 0 Å². The van der Waals surface area contributed by atoms with Gasteiger partial charge >= 0.3 is 6.03 Å². The quantitative estimate of drug-likeness (QED) is 0.479. The van der Waals surface area contributed by atoms with E-state index in [0.717, 1.165) is 0 Å². The predicted octanol–water partition coefficient (Wildman–Crippen LogP) is -0.896. The molecule has 5 heteroatoms.